The maximum Gasteiger partial charge on any atom is 0.249 e. The van der Waals surface area contributed by atoms with E-state index in [4.69, 9.17) is 14.2 Å². The number of nitrogens with one attached hydrogen (secondary N) is 1. The summed E-state index contributed by atoms with van der Waals surface area (Å²) in [4.78, 5) is 12.4. The number of benzene rings is 1. The summed E-state index contributed by atoms with van der Waals surface area (Å²) < 4.78 is 17.0. The van der Waals surface area contributed by atoms with E-state index in [1.54, 1.807) is 6.92 Å². The van der Waals surface area contributed by atoms with Crippen LogP contribution in [0.5, 0.6) is 5.75 Å². The second-order valence-corrected chi connectivity index (χ2v) is 6.20. The average Bonchev–Trinajstić information content (AvgIpc) is 2.61. The Labute approximate surface area is 137 Å². The zero-order valence-corrected chi connectivity index (χ0v) is 13.6. The number of fused-ring (bicyclic) bond motifs is 1. The number of hydrogen-bond acceptors (Lipinski definition) is 4. The highest BCUT2D eigenvalue weighted by molar-refractivity contribution is 5.81. The van der Waals surface area contributed by atoms with Gasteiger partial charge < -0.3 is 19.5 Å². The molecule has 23 heavy (non-hydrogen) atoms. The van der Waals surface area contributed by atoms with Gasteiger partial charge in [0.25, 0.3) is 0 Å². The van der Waals surface area contributed by atoms with Crippen molar-refractivity contribution in [2.75, 3.05) is 19.8 Å². The van der Waals surface area contributed by atoms with Crippen molar-refractivity contribution < 1.29 is 19.0 Å². The van der Waals surface area contributed by atoms with E-state index in [-0.39, 0.29) is 18.1 Å². The van der Waals surface area contributed by atoms with Crippen molar-refractivity contribution in [1.29, 1.82) is 0 Å². The zero-order chi connectivity index (χ0) is 16.1. The summed E-state index contributed by atoms with van der Waals surface area (Å²) in [5.74, 6) is 0.774. The second-order valence-electron chi connectivity index (χ2n) is 6.20. The van der Waals surface area contributed by atoms with E-state index >= 15 is 0 Å². The fourth-order valence-corrected chi connectivity index (χ4v) is 3.05. The predicted octanol–water partition coefficient (Wildman–Crippen LogP) is 2.60. The molecule has 1 saturated heterocycles. The van der Waals surface area contributed by atoms with Gasteiger partial charge >= 0.3 is 0 Å². The Morgan fingerprint density at radius 2 is 2.17 bits per heavy atom. The van der Waals surface area contributed by atoms with Crippen molar-refractivity contribution in [3.8, 4) is 5.75 Å². The molecule has 1 aromatic carbocycles. The molecular formula is C18H25NO4. The van der Waals surface area contributed by atoms with Gasteiger partial charge in [-0.1, -0.05) is 18.2 Å². The molecule has 3 atom stereocenters. The summed E-state index contributed by atoms with van der Waals surface area (Å²) in [5, 5.41) is 3.08. The lowest BCUT2D eigenvalue weighted by Gasteiger charge is -2.28. The van der Waals surface area contributed by atoms with Crippen LogP contribution in [0.2, 0.25) is 0 Å². The largest absolute Gasteiger partial charge is 0.493 e. The van der Waals surface area contributed by atoms with Crippen molar-refractivity contribution in [2.24, 2.45) is 0 Å². The van der Waals surface area contributed by atoms with Gasteiger partial charge in [-0.15, -0.1) is 0 Å². The molecule has 2 aliphatic rings. The Morgan fingerprint density at radius 1 is 1.30 bits per heavy atom. The first-order valence-corrected chi connectivity index (χ1v) is 8.49. The smallest absolute Gasteiger partial charge is 0.249 e. The first-order chi connectivity index (χ1) is 11.2. The van der Waals surface area contributed by atoms with E-state index in [9.17, 15) is 4.79 Å². The molecular weight excluding hydrogens is 294 g/mol. The number of carbonyl (C=O) groups is 1. The standard InChI is InChI=1S/C18H25NO4/c1-13(23-12-14-6-4-5-10-21-14)18(20)19-16-9-11-22-17-8-3-2-7-15(16)17/h2-3,7-8,13-14,16H,4-6,9-12H2,1H3,(H,19,20)/t13-,14-,16-/m0/s1. The van der Waals surface area contributed by atoms with Crippen LogP contribution in [0.4, 0.5) is 0 Å². The predicted molar refractivity (Wildman–Crippen MR) is 86.4 cm³/mol. The lowest BCUT2D eigenvalue weighted by atomic mass is 10.0. The van der Waals surface area contributed by atoms with E-state index in [1.165, 1.54) is 6.42 Å². The second kappa shape index (κ2) is 7.79. The van der Waals surface area contributed by atoms with Gasteiger partial charge in [0.15, 0.2) is 0 Å². The number of para-hydroxylation sites is 1. The molecule has 0 aliphatic carbocycles. The number of amides is 1. The molecule has 0 bridgehead atoms. The molecule has 0 aromatic heterocycles. The van der Waals surface area contributed by atoms with Crippen molar-refractivity contribution in [3.63, 3.8) is 0 Å². The lowest BCUT2D eigenvalue weighted by molar-refractivity contribution is -0.136. The van der Waals surface area contributed by atoms with E-state index in [0.29, 0.717) is 13.2 Å². The molecule has 1 amide bonds. The summed E-state index contributed by atoms with van der Waals surface area (Å²) in [6.45, 7) is 3.70. The topological polar surface area (TPSA) is 56.8 Å². The molecule has 1 aromatic rings. The molecule has 2 heterocycles. The summed E-state index contributed by atoms with van der Waals surface area (Å²) in [6.07, 6.45) is 3.74. The Morgan fingerprint density at radius 3 is 3.00 bits per heavy atom. The van der Waals surface area contributed by atoms with E-state index in [1.807, 2.05) is 24.3 Å². The molecule has 5 heteroatoms. The molecule has 0 unspecified atom stereocenters. The SMILES string of the molecule is C[C@H](OC[C@@H]1CCCCO1)C(=O)N[C@H]1CCOc2ccccc21. The van der Waals surface area contributed by atoms with Crippen molar-refractivity contribution in [1.82, 2.24) is 5.32 Å². The Balaban J connectivity index is 1.50. The summed E-state index contributed by atoms with van der Waals surface area (Å²) in [5.41, 5.74) is 1.04. The van der Waals surface area contributed by atoms with Crippen LogP contribution in [0.1, 0.15) is 44.2 Å². The molecule has 0 radical (unpaired) electrons. The van der Waals surface area contributed by atoms with E-state index in [2.05, 4.69) is 5.32 Å². The third-order valence-corrected chi connectivity index (χ3v) is 4.45. The van der Waals surface area contributed by atoms with Gasteiger partial charge in [0.2, 0.25) is 5.91 Å². The van der Waals surface area contributed by atoms with Crippen LogP contribution in [0.25, 0.3) is 0 Å². The van der Waals surface area contributed by atoms with Gasteiger partial charge in [0.05, 0.1) is 25.4 Å². The number of rotatable bonds is 5. The van der Waals surface area contributed by atoms with Crippen LogP contribution in [-0.4, -0.2) is 37.9 Å². The first-order valence-electron chi connectivity index (χ1n) is 8.49. The van der Waals surface area contributed by atoms with Crippen LogP contribution < -0.4 is 10.1 Å². The molecule has 5 nitrogen and oxygen atoms in total. The summed E-state index contributed by atoms with van der Waals surface area (Å²) >= 11 is 0. The van der Waals surface area contributed by atoms with Gasteiger partial charge in [-0.2, -0.15) is 0 Å². The van der Waals surface area contributed by atoms with Crippen LogP contribution in [0.15, 0.2) is 24.3 Å². The highest BCUT2D eigenvalue weighted by Crippen LogP contribution is 2.31. The van der Waals surface area contributed by atoms with Gasteiger partial charge in [0.1, 0.15) is 11.9 Å². The molecule has 126 valence electrons. The minimum atomic E-state index is -0.476. The fraction of sp³-hybridized carbons (Fsp3) is 0.611. The molecule has 0 saturated carbocycles. The minimum Gasteiger partial charge on any atom is -0.493 e. The van der Waals surface area contributed by atoms with Crippen LogP contribution in [0, 0.1) is 0 Å². The van der Waals surface area contributed by atoms with Crippen LogP contribution in [-0.2, 0) is 14.3 Å². The van der Waals surface area contributed by atoms with Crippen LogP contribution >= 0.6 is 0 Å². The lowest BCUT2D eigenvalue weighted by Crippen LogP contribution is -2.40. The monoisotopic (exact) mass is 319 g/mol. The fourth-order valence-electron chi connectivity index (χ4n) is 3.05. The first kappa shape index (κ1) is 16.3. The number of hydrogen-bond donors (Lipinski definition) is 1. The van der Waals surface area contributed by atoms with Gasteiger partial charge in [-0.25, -0.2) is 0 Å². The maximum absolute atomic E-state index is 12.4. The molecule has 3 rings (SSSR count). The quantitative estimate of drug-likeness (QED) is 0.906. The normalized spacial score (nSPS) is 25.1. The van der Waals surface area contributed by atoms with E-state index in [0.717, 1.165) is 37.2 Å². The minimum absolute atomic E-state index is 0.00979. The third-order valence-electron chi connectivity index (χ3n) is 4.45. The van der Waals surface area contributed by atoms with Gasteiger partial charge in [-0.3, -0.25) is 4.79 Å². The van der Waals surface area contributed by atoms with Gasteiger partial charge in [-0.05, 0) is 32.3 Å². The van der Waals surface area contributed by atoms with E-state index < -0.39 is 6.10 Å². The highest BCUT2D eigenvalue weighted by Gasteiger charge is 2.25. The number of carbonyl (C=O) groups excluding carboxylic acids is 1. The van der Waals surface area contributed by atoms with Crippen molar-refractivity contribution >= 4 is 5.91 Å². The maximum atomic E-state index is 12.4. The highest BCUT2D eigenvalue weighted by atomic mass is 16.5. The Kier molecular flexibility index (Phi) is 5.51. The molecule has 1 N–H and O–H groups in total. The van der Waals surface area contributed by atoms with Gasteiger partial charge in [0, 0.05) is 18.6 Å². The van der Waals surface area contributed by atoms with Crippen LogP contribution in [0.3, 0.4) is 0 Å². The zero-order valence-electron chi connectivity index (χ0n) is 13.6. The summed E-state index contributed by atoms with van der Waals surface area (Å²) in [6, 6.07) is 7.84. The average molecular weight is 319 g/mol. The Bertz CT molecular complexity index is 528. The molecule has 0 spiro atoms. The van der Waals surface area contributed by atoms with Crippen molar-refractivity contribution in [3.05, 3.63) is 29.8 Å². The van der Waals surface area contributed by atoms with Crippen molar-refractivity contribution in [2.45, 2.75) is 50.9 Å². The summed E-state index contributed by atoms with van der Waals surface area (Å²) in [7, 11) is 0. The molecule has 2 aliphatic heterocycles. The third kappa shape index (κ3) is 4.24. The number of ether oxygens (including phenoxy) is 3. The Hall–Kier alpha value is -1.59. The molecule has 1 fully saturated rings.